The fourth-order valence-electron chi connectivity index (χ4n) is 2.72. The largest absolute Gasteiger partial charge is 0.462 e. The van der Waals surface area contributed by atoms with Gasteiger partial charge in [-0.1, -0.05) is 20.8 Å². The molecule has 0 saturated heterocycles. The van der Waals surface area contributed by atoms with Gasteiger partial charge in [-0.05, 0) is 37.7 Å². The normalized spacial score (nSPS) is 16.3. The van der Waals surface area contributed by atoms with Gasteiger partial charge in [0.15, 0.2) is 6.61 Å². The Bertz CT molecular complexity index is 665. The van der Waals surface area contributed by atoms with Gasteiger partial charge in [0.25, 0.3) is 5.91 Å². The average Bonchev–Trinajstić information content (AvgIpc) is 2.89. The van der Waals surface area contributed by atoms with E-state index in [0.717, 1.165) is 29.7 Å². The fourth-order valence-corrected chi connectivity index (χ4v) is 4.14. The number of thiophene rings is 1. The summed E-state index contributed by atoms with van der Waals surface area (Å²) < 4.78 is 10.1. The van der Waals surface area contributed by atoms with Gasteiger partial charge in [-0.2, -0.15) is 0 Å². The molecule has 0 bridgehead atoms. The molecule has 1 N–H and O–H groups in total. The summed E-state index contributed by atoms with van der Waals surface area (Å²) >= 11 is 1.42. The second-order valence-corrected chi connectivity index (χ2v) is 7.69. The van der Waals surface area contributed by atoms with Gasteiger partial charge in [-0.3, -0.25) is 9.59 Å². The molecule has 1 unspecified atom stereocenters. The van der Waals surface area contributed by atoms with Crippen LogP contribution in [0.25, 0.3) is 0 Å². The van der Waals surface area contributed by atoms with Crippen molar-refractivity contribution in [1.82, 2.24) is 0 Å². The molecule has 7 heteroatoms. The van der Waals surface area contributed by atoms with E-state index >= 15 is 0 Å². The number of nitrogens with one attached hydrogen (secondary N) is 1. The molecular formula is C18H25NO5S. The average molecular weight is 367 g/mol. The molecule has 1 heterocycles. The summed E-state index contributed by atoms with van der Waals surface area (Å²) in [6.45, 7) is 7.25. The molecule has 25 heavy (non-hydrogen) atoms. The number of hydrogen-bond acceptors (Lipinski definition) is 6. The zero-order chi connectivity index (χ0) is 18.6. The second-order valence-electron chi connectivity index (χ2n) is 6.59. The van der Waals surface area contributed by atoms with E-state index in [1.165, 1.54) is 11.3 Å². The summed E-state index contributed by atoms with van der Waals surface area (Å²) in [4.78, 5) is 37.1. The Balaban J connectivity index is 2.17. The van der Waals surface area contributed by atoms with Crippen LogP contribution in [0.4, 0.5) is 5.00 Å². The minimum absolute atomic E-state index is 0.277. The highest BCUT2D eigenvalue weighted by Gasteiger charge is 2.29. The topological polar surface area (TPSA) is 81.7 Å². The third kappa shape index (κ3) is 4.81. The minimum Gasteiger partial charge on any atom is -0.462 e. The molecule has 1 atom stereocenters. The van der Waals surface area contributed by atoms with Crippen molar-refractivity contribution in [2.24, 2.45) is 11.8 Å². The van der Waals surface area contributed by atoms with Crippen LogP contribution in [0.5, 0.6) is 0 Å². The lowest BCUT2D eigenvalue weighted by atomic mass is 9.88. The Kier molecular flexibility index (Phi) is 6.58. The summed E-state index contributed by atoms with van der Waals surface area (Å²) in [6, 6.07) is 0. The molecule has 138 valence electrons. The van der Waals surface area contributed by atoms with E-state index in [9.17, 15) is 14.4 Å². The van der Waals surface area contributed by atoms with Crippen LogP contribution in [-0.4, -0.2) is 31.1 Å². The Hall–Kier alpha value is -1.89. The summed E-state index contributed by atoms with van der Waals surface area (Å²) in [7, 11) is 0. The molecule has 1 aliphatic rings. The van der Waals surface area contributed by atoms with Gasteiger partial charge < -0.3 is 14.8 Å². The Labute approximate surface area is 151 Å². The Morgan fingerprint density at radius 2 is 2.00 bits per heavy atom. The highest BCUT2D eigenvalue weighted by Crippen LogP contribution is 2.40. The molecule has 6 nitrogen and oxygen atoms in total. The predicted molar refractivity (Wildman–Crippen MR) is 95.9 cm³/mol. The fraction of sp³-hybridized carbons (Fsp3) is 0.611. The maximum absolute atomic E-state index is 12.4. The van der Waals surface area contributed by atoms with Crippen molar-refractivity contribution in [3.8, 4) is 0 Å². The molecule has 1 amide bonds. The first-order valence-corrected chi connectivity index (χ1v) is 9.43. The lowest BCUT2D eigenvalue weighted by Crippen LogP contribution is -2.23. The first-order valence-electron chi connectivity index (χ1n) is 8.61. The van der Waals surface area contributed by atoms with Crippen LogP contribution in [0.2, 0.25) is 0 Å². The van der Waals surface area contributed by atoms with E-state index < -0.39 is 17.8 Å². The smallest absolute Gasteiger partial charge is 0.341 e. The van der Waals surface area contributed by atoms with Gasteiger partial charge >= 0.3 is 11.9 Å². The summed E-state index contributed by atoms with van der Waals surface area (Å²) in [5, 5.41) is 3.21. The van der Waals surface area contributed by atoms with Gasteiger partial charge in [-0.25, -0.2) is 4.79 Å². The van der Waals surface area contributed by atoms with Gasteiger partial charge in [-0.15, -0.1) is 11.3 Å². The molecule has 0 saturated carbocycles. The number of hydrogen-bond donors (Lipinski definition) is 1. The lowest BCUT2D eigenvalue weighted by Gasteiger charge is -2.18. The van der Waals surface area contributed by atoms with E-state index in [4.69, 9.17) is 9.47 Å². The van der Waals surface area contributed by atoms with Crippen LogP contribution in [-0.2, 0) is 31.9 Å². The standard InChI is InChI=1S/C18H25NO5S/c1-5-23-18(22)15-12-7-6-11(4)8-13(12)25-16(15)19-14(20)9-24-17(21)10(2)3/h10-11H,5-9H2,1-4H3,(H,19,20). The zero-order valence-corrected chi connectivity index (χ0v) is 16.0. The highest BCUT2D eigenvalue weighted by atomic mass is 32.1. The maximum atomic E-state index is 12.4. The Morgan fingerprint density at radius 1 is 1.28 bits per heavy atom. The second kappa shape index (κ2) is 8.47. The number of carbonyl (C=O) groups is 3. The number of fused-ring (bicyclic) bond motifs is 1. The minimum atomic E-state index is -0.453. The first-order chi connectivity index (χ1) is 11.8. The van der Waals surface area contributed by atoms with E-state index in [1.54, 1.807) is 20.8 Å². The number of amides is 1. The number of ether oxygens (including phenoxy) is 2. The summed E-state index contributed by atoms with van der Waals surface area (Å²) in [6.07, 6.45) is 2.71. The summed E-state index contributed by atoms with van der Waals surface area (Å²) in [5.41, 5.74) is 1.44. The van der Waals surface area contributed by atoms with Crippen molar-refractivity contribution in [3.63, 3.8) is 0 Å². The van der Waals surface area contributed by atoms with Crippen LogP contribution < -0.4 is 5.32 Å². The van der Waals surface area contributed by atoms with Crippen molar-refractivity contribution in [2.45, 2.75) is 47.0 Å². The van der Waals surface area contributed by atoms with E-state index in [2.05, 4.69) is 12.2 Å². The quantitative estimate of drug-likeness (QED) is 0.781. The van der Waals surface area contributed by atoms with Crippen molar-refractivity contribution < 1.29 is 23.9 Å². The molecule has 1 aromatic heterocycles. The van der Waals surface area contributed by atoms with Gasteiger partial charge in [0, 0.05) is 4.88 Å². The molecule has 2 rings (SSSR count). The SMILES string of the molecule is CCOC(=O)c1c(NC(=O)COC(=O)C(C)C)sc2c1CCC(C)C2. The van der Waals surface area contributed by atoms with Crippen LogP contribution >= 0.6 is 11.3 Å². The maximum Gasteiger partial charge on any atom is 0.341 e. The van der Waals surface area contributed by atoms with Crippen LogP contribution in [0.1, 0.15) is 54.9 Å². The van der Waals surface area contributed by atoms with Gasteiger partial charge in [0.05, 0.1) is 18.1 Å². The number of anilines is 1. The molecular weight excluding hydrogens is 342 g/mol. The number of esters is 2. The van der Waals surface area contributed by atoms with Crippen molar-refractivity contribution >= 4 is 34.2 Å². The highest BCUT2D eigenvalue weighted by molar-refractivity contribution is 7.17. The van der Waals surface area contributed by atoms with Crippen molar-refractivity contribution in [1.29, 1.82) is 0 Å². The third-order valence-corrected chi connectivity index (χ3v) is 5.23. The van der Waals surface area contributed by atoms with Crippen LogP contribution in [0.3, 0.4) is 0 Å². The molecule has 0 radical (unpaired) electrons. The van der Waals surface area contributed by atoms with Crippen molar-refractivity contribution in [3.05, 3.63) is 16.0 Å². The van der Waals surface area contributed by atoms with E-state index in [1.807, 2.05) is 0 Å². The van der Waals surface area contributed by atoms with E-state index in [-0.39, 0.29) is 19.1 Å². The predicted octanol–water partition coefficient (Wildman–Crippen LogP) is 3.19. The first kappa shape index (κ1) is 19.4. The molecule has 0 fully saturated rings. The van der Waals surface area contributed by atoms with Crippen LogP contribution in [0.15, 0.2) is 0 Å². The molecule has 0 aliphatic heterocycles. The molecule has 0 spiro atoms. The van der Waals surface area contributed by atoms with Crippen LogP contribution in [0, 0.1) is 11.8 Å². The third-order valence-electron chi connectivity index (χ3n) is 4.06. The molecule has 0 aromatic carbocycles. The number of carbonyl (C=O) groups excluding carboxylic acids is 3. The Morgan fingerprint density at radius 3 is 2.64 bits per heavy atom. The lowest BCUT2D eigenvalue weighted by molar-refractivity contribution is -0.150. The molecule has 1 aliphatic carbocycles. The van der Waals surface area contributed by atoms with Gasteiger partial charge in [0.1, 0.15) is 5.00 Å². The van der Waals surface area contributed by atoms with Crippen molar-refractivity contribution in [2.75, 3.05) is 18.5 Å². The van der Waals surface area contributed by atoms with E-state index in [0.29, 0.717) is 16.5 Å². The van der Waals surface area contributed by atoms with Gasteiger partial charge in [0.2, 0.25) is 0 Å². The number of rotatable bonds is 6. The zero-order valence-electron chi connectivity index (χ0n) is 15.1. The summed E-state index contributed by atoms with van der Waals surface area (Å²) in [5.74, 6) is -1.04. The molecule has 1 aromatic rings. The monoisotopic (exact) mass is 367 g/mol.